The Balaban J connectivity index is 1.64. The van der Waals surface area contributed by atoms with Gasteiger partial charge in [-0.15, -0.1) is 0 Å². The van der Waals surface area contributed by atoms with Gasteiger partial charge in [0.2, 0.25) is 0 Å². The minimum absolute atomic E-state index is 0.221. The van der Waals surface area contributed by atoms with Gasteiger partial charge >= 0.3 is 0 Å². The normalized spacial score (nSPS) is 15.4. The van der Waals surface area contributed by atoms with Gasteiger partial charge in [0.05, 0.1) is 13.2 Å². The highest BCUT2D eigenvalue weighted by molar-refractivity contribution is 5.80. The van der Waals surface area contributed by atoms with Crippen molar-refractivity contribution in [2.24, 2.45) is 4.99 Å². The SMILES string of the molecule is CCNC(=NCc1ccc(F)c(COC)c1)NCC1(c2ccccc2)CC1. The molecule has 0 radical (unpaired) electrons. The molecule has 2 aromatic carbocycles. The van der Waals surface area contributed by atoms with Crippen molar-refractivity contribution < 1.29 is 9.13 Å². The van der Waals surface area contributed by atoms with E-state index >= 15 is 0 Å². The van der Waals surface area contributed by atoms with E-state index in [4.69, 9.17) is 4.74 Å². The number of nitrogens with zero attached hydrogens (tertiary/aromatic N) is 1. The van der Waals surface area contributed by atoms with E-state index in [0.717, 1.165) is 24.6 Å². The molecule has 5 heteroatoms. The summed E-state index contributed by atoms with van der Waals surface area (Å²) in [6.07, 6.45) is 2.39. The van der Waals surface area contributed by atoms with Crippen LogP contribution in [0.5, 0.6) is 0 Å². The Morgan fingerprint density at radius 1 is 1.15 bits per heavy atom. The second-order valence-corrected chi connectivity index (χ2v) is 7.05. The lowest BCUT2D eigenvalue weighted by molar-refractivity contribution is 0.181. The van der Waals surface area contributed by atoms with Crippen LogP contribution < -0.4 is 10.6 Å². The van der Waals surface area contributed by atoms with Crippen molar-refractivity contribution in [3.63, 3.8) is 0 Å². The number of nitrogens with one attached hydrogen (secondary N) is 2. The molecular weight excluding hydrogens is 341 g/mol. The lowest BCUT2D eigenvalue weighted by Crippen LogP contribution is -2.41. The van der Waals surface area contributed by atoms with Crippen LogP contribution in [0.2, 0.25) is 0 Å². The maximum Gasteiger partial charge on any atom is 0.191 e. The van der Waals surface area contributed by atoms with Crippen molar-refractivity contribution in [1.29, 1.82) is 0 Å². The number of halogens is 1. The van der Waals surface area contributed by atoms with Crippen LogP contribution in [0.4, 0.5) is 4.39 Å². The zero-order chi connectivity index (χ0) is 19.1. The van der Waals surface area contributed by atoms with Gasteiger partial charge in [-0.25, -0.2) is 9.38 Å². The van der Waals surface area contributed by atoms with Gasteiger partial charge in [-0.3, -0.25) is 0 Å². The number of methoxy groups -OCH3 is 1. The van der Waals surface area contributed by atoms with Gasteiger partial charge in [0.15, 0.2) is 5.96 Å². The summed E-state index contributed by atoms with van der Waals surface area (Å²) in [6.45, 7) is 4.46. The van der Waals surface area contributed by atoms with Gasteiger partial charge in [-0.2, -0.15) is 0 Å². The molecule has 0 unspecified atom stereocenters. The lowest BCUT2D eigenvalue weighted by Gasteiger charge is -2.19. The molecule has 0 saturated heterocycles. The van der Waals surface area contributed by atoms with E-state index in [0.29, 0.717) is 12.1 Å². The first-order valence-electron chi connectivity index (χ1n) is 9.51. The molecule has 1 fully saturated rings. The van der Waals surface area contributed by atoms with E-state index in [1.807, 2.05) is 6.07 Å². The molecule has 0 spiro atoms. The number of rotatable bonds is 8. The van der Waals surface area contributed by atoms with Crippen molar-refractivity contribution in [2.75, 3.05) is 20.2 Å². The second kappa shape index (κ2) is 9.00. The van der Waals surface area contributed by atoms with E-state index in [1.54, 1.807) is 13.2 Å². The van der Waals surface area contributed by atoms with Gasteiger partial charge in [0.1, 0.15) is 5.82 Å². The first-order valence-corrected chi connectivity index (χ1v) is 9.51. The van der Waals surface area contributed by atoms with Crippen molar-refractivity contribution in [1.82, 2.24) is 10.6 Å². The summed E-state index contributed by atoms with van der Waals surface area (Å²) in [6, 6.07) is 15.7. The minimum atomic E-state index is -0.242. The topological polar surface area (TPSA) is 45.7 Å². The van der Waals surface area contributed by atoms with Gasteiger partial charge < -0.3 is 15.4 Å². The zero-order valence-corrected chi connectivity index (χ0v) is 16.1. The fourth-order valence-corrected chi connectivity index (χ4v) is 3.27. The summed E-state index contributed by atoms with van der Waals surface area (Å²) in [4.78, 5) is 4.67. The zero-order valence-electron chi connectivity index (χ0n) is 16.1. The minimum Gasteiger partial charge on any atom is -0.380 e. The highest BCUT2D eigenvalue weighted by Gasteiger charge is 2.43. The number of aliphatic imine (C=N–C) groups is 1. The maximum atomic E-state index is 13.8. The summed E-state index contributed by atoms with van der Waals surface area (Å²) < 4.78 is 18.8. The van der Waals surface area contributed by atoms with Crippen LogP contribution in [0.1, 0.15) is 36.5 Å². The number of guanidine groups is 1. The number of benzene rings is 2. The Hall–Kier alpha value is -2.40. The molecule has 0 bridgehead atoms. The van der Waals surface area contributed by atoms with Crippen LogP contribution in [0.25, 0.3) is 0 Å². The van der Waals surface area contributed by atoms with Gasteiger partial charge in [-0.05, 0) is 43.0 Å². The monoisotopic (exact) mass is 369 g/mol. The fourth-order valence-electron chi connectivity index (χ4n) is 3.27. The third-order valence-electron chi connectivity index (χ3n) is 5.01. The molecule has 1 saturated carbocycles. The van der Waals surface area contributed by atoms with Gasteiger partial charge in [0, 0.05) is 31.2 Å². The molecule has 0 aliphatic heterocycles. The highest BCUT2D eigenvalue weighted by Crippen LogP contribution is 2.47. The molecule has 27 heavy (non-hydrogen) atoms. The summed E-state index contributed by atoms with van der Waals surface area (Å²) in [7, 11) is 1.57. The van der Waals surface area contributed by atoms with Crippen LogP contribution in [0.15, 0.2) is 53.5 Å². The molecule has 3 rings (SSSR count). The van der Waals surface area contributed by atoms with Crippen LogP contribution in [-0.4, -0.2) is 26.2 Å². The Labute approximate surface area is 160 Å². The summed E-state index contributed by atoms with van der Waals surface area (Å²) >= 11 is 0. The summed E-state index contributed by atoms with van der Waals surface area (Å²) in [5.74, 6) is 0.547. The van der Waals surface area contributed by atoms with E-state index in [9.17, 15) is 4.39 Å². The average Bonchev–Trinajstić information content (AvgIpc) is 3.48. The molecule has 1 aliphatic rings. The maximum absolute atomic E-state index is 13.8. The molecule has 1 aliphatic carbocycles. The molecule has 144 valence electrons. The number of hydrogen-bond acceptors (Lipinski definition) is 2. The third kappa shape index (κ3) is 5.07. The smallest absolute Gasteiger partial charge is 0.191 e. The van der Waals surface area contributed by atoms with Crippen LogP contribution in [-0.2, 0) is 23.3 Å². The highest BCUT2D eigenvalue weighted by atomic mass is 19.1. The standard InChI is InChI=1S/C22H28FN3O/c1-3-24-21(25-14-17-9-10-20(23)18(13-17)15-27-2)26-16-22(11-12-22)19-7-5-4-6-8-19/h4-10,13H,3,11-12,14-16H2,1-2H3,(H2,24,25,26). The van der Waals surface area contributed by atoms with Crippen LogP contribution >= 0.6 is 0 Å². The summed E-state index contributed by atoms with van der Waals surface area (Å²) in [5, 5.41) is 6.78. The Morgan fingerprint density at radius 3 is 2.59 bits per heavy atom. The van der Waals surface area contributed by atoms with Gasteiger partial charge in [0.25, 0.3) is 0 Å². The molecule has 2 aromatic rings. The van der Waals surface area contributed by atoms with Crippen molar-refractivity contribution >= 4 is 5.96 Å². The van der Waals surface area contributed by atoms with Crippen molar-refractivity contribution in [3.05, 3.63) is 71.0 Å². The van der Waals surface area contributed by atoms with Crippen molar-refractivity contribution in [3.8, 4) is 0 Å². The van der Waals surface area contributed by atoms with Gasteiger partial charge in [-0.1, -0.05) is 36.4 Å². The fraction of sp³-hybridized carbons (Fsp3) is 0.409. The quantitative estimate of drug-likeness (QED) is 0.550. The number of ether oxygens (including phenoxy) is 1. The van der Waals surface area contributed by atoms with E-state index in [1.165, 1.54) is 24.5 Å². The molecule has 0 atom stereocenters. The first-order chi connectivity index (χ1) is 13.2. The van der Waals surface area contributed by atoms with E-state index in [2.05, 4.69) is 52.9 Å². The average molecular weight is 369 g/mol. The molecule has 0 amide bonds. The van der Waals surface area contributed by atoms with Crippen LogP contribution in [0, 0.1) is 5.82 Å². The molecule has 2 N–H and O–H groups in total. The Kier molecular flexibility index (Phi) is 6.45. The van der Waals surface area contributed by atoms with E-state index < -0.39 is 0 Å². The number of hydrogen-bond donors (Lipinski definition) is 2. The molecular formula is C22H28FN3O. The largest absolute Gasteiger partial charge is 0.380 e. The second-order valence-electron chi connectivity index (χ2n) is 7.05. The Morgan fingerprint density at radius 2 is 1.93 bits per heavy atom. The third-order valence-corrected chi connectivity index (χ3v) is 5.01. The van der Waals surface area contributed by atoms with Crippen molar-refractivity contribution in [2.45, 2.75) is 38.3 Å². The Bertz CT molecular complexity index is 772. The predicted molar refractivity (Wildman–Crippen MR) is 107 cm³/mol. The molecule has 0 aromatic heterocycles. The summed E-state index contributed by atoms with van der Waals surface area (Å²) in [5.41, 5.74) is 3.13. The van der Waals surface area contributed by atoms with E-state index in [-0.39, 0.29) is 17.8 Å². The first kappa shape index (κ1) is 19.4. The van der Waals surface area contributed by atoms with Crippen LogP contribution in [0.3, 0.4) is 0 Å². The lowest BCUT2D eigenvalue weighted by atomic mass is 9.96. The molecule has 0 heterocycles. The molecule has 4 nitrogen and oxygen atoms in total. The predicted octanol–water partition coefficient (Wildman–Crippen LogP) is 3.76.